The number of carbonyl (C=O) groups excluding carboxylic acids is 2. The molecule has 2 amide bonds. The minimum atomic E-state index is -0.587. The summed E-state index contributed by atoms with van der Waals surface area (Å²) in [7, 11) is 0. The van der Waals surface area contributed by atoms with Gasteiger partial charge in [-0.2, -0.15) is 5.10 Å². The molecule has 2 saturated heterocycles. The minimum absolute atomic E-state index is 0.203. The van der Waals surface area contributed by atoms with Crippen LogP contribution < -0.4 is 16.4 Å². The van der Waals surface area contributed by atoms with E-state index in [2.05, 4.69) is 71.7 Å². The topological polar surface area (TPSA) is 131 Å². The largest absolute Gasteiger partial charge is 0.381 e. The van der Waals surface area contributed by atoms with Crippen LogP contribution >= 0.6 is 11.6 Å². The van der Waals surface area contributed by atoms with Crippen molar-refractivity contribution < 1.29 is 14.3 Å². The number of hydrogen-bond acceptors (Lipinski definition) is 8. The molecule has 7 rings (SSSR count). The Balaban J connectivity index is 1.27. The summed E-state index contributed by atoms with van der Waals surface area (Å²) in [6, 6.07) is 21.8. The molecule has 2 aliphatic rings. The van der Waals surface area contributed by atoms with Crippen molar-refractivity contribution in [3.8, 4) is 11.1 Å². The number of pyridine rings is 1. The molecule has 5 aromatic rings. The van der Waals surface area contributed by atoms with E-state index >= 15 is 0 Å². The molecular weight excluding hydrogens is 712 g/mol. The van der Waals surface area contributed by atoms with Crippen LogP contribution in [0.1, 0.15) is 76.7 Å². The summed E-state index contributed by atoms with van der Waals surface area (Å²) >= 11 is 6.91. The number of aryl methyl sites for hydroxylation is 2. The number of nitrogens with one attached hydrogen (secondary N) is 2. The number of fused-ring (bicyclic) bond motifs is 1. The molecule has 288 valence electrons. The van der Waals surface area contributed by atoms with E-state index in [4.69, 9.17) is 27.1 Å². The summed E-state index contributed by atoms with van der Waals surface area (Å²) < 4.78 is 7.60. The molecule has 2 aromatic heterocycles. The predicted octanol–water partition coefficient (Wildman–Crippen LogP) is 6.66. The van der Waals surface area contributed by atoms with Crippen molar-refractivity contribution in [1.29, 1.82) is 0 Å². The number of amides is 2. The highest BCUT2D eigenvalue weighted by Gasteiger charge is 2.26. The summed E-state index contributed by atoms with van der Waals surface area (Å²) in [4.78, 5) is 36.3. The van der Waals surface area contributed by atoms with Crippen molar-refractivity contribution >= 4 is 40.1 Å². The van der Waals surface area contributed by atoms with Crippen molar-refractivity contribution in [3.63, 3.8) is 0 Å². The third-order valence-corrected chi connectivity index (χ3v) is 11.0. The Morgan fingerprint density at radius 2 is 1.82 bits per heavy atom. The molecule has 3 aromatic carbocycles. The molecule has 2 aliphatic heterocycles. The first-order valence-electron chi connectivity index (χ1n) is 19.4. The van der Waals surface area contributed by atoms with Gasteiger partial charge in [0.25, 0.3) is 5.91 Å². The molecule has 0 aliphatic carbocycles. The normalized spacial score (nSPS) is 16.7. The first-order chi connectivity index (χ1) is 26.7. The molecule has 0 bridgehead atoms. The van der Waals surface area contributed by atoms with Gasteiger partial charge in [0.05, 0.1) is 23.8 Å². The number of rotatable bonds is 13. The second kappa shape index (κ2) is 17.3. The average molecular weight is 763 g/mol. The molecular formula is C43H51ClN8O3. The van der Waals surface area contributed by atoms with E-state index in [1.54, 1.807) is 24.3 Å². The van der Waals surface area contributed by atoms with Crippen LogP contribution in [0.4, 0.5) is 5.69 Å². The smallest absolute Gasteiger partial charge is 0.254 e. The zero-order chi connectivity index (χ0) is 38.5. The monoisotopic (exact) mass is 762 g/mol. The third-order valence-electron chi connectivity index (χ3n) is 10.7. The molecule has 4 heterocycles. The molecule has 11 nitrogen and oxygen atoms in total. The SMILES string of the molecule is CCc1nc2c(cnn2CC)c(NC2CCOCC2)c1CN(Cc1ccc(Cl)c(-c2cccc(CN3CCN[C@@H](C)C3)c2)c1)C(=O)c1cccc(C(N)=O)c1. The molecule has 1 atom stereocenters. The van der Waals surface area contributed by atoms with E-state index in [1.165, 1.54) is 5.56 Å². The van der Waals surface area contributed by atoms with E-state index in [1.807, 2.05) is 27.9 Å². The van der Waals surface area contributed by atoms with Crippen molar-refractivity contribution in [2.45, 2.75) is 78.3 Å². The Kier molecular flexibility index (Phi) is 12.1. The Morgan fingerprint density at radius 3 is 2.58 bits per heavy atom. The fourth-order valence-electron chi connectivity index (χ4n) is 7.82. The van der Waals surface area contributed by atoms with E-state index in [9.17, 15) is 9.59 Å². The van der Waals surface area contributed by atoms with Crippen LogP contribution in [0.25, 0.3) is 22.2 Å². The first kappa shape index (κ1) is 38.5. The lowest BCUT2D eigenvalue weighted by Crippen LogP contribution is -2.48. The number of piperazine rings is 1. The number of halogens is 1. The lowest BCUT2D eigenvalue weighted by molar-refractivity contribution is 0.0730. The van der Waals surface area contributed by atoms with E-state index in [-0.39, 0.29) is 30.6 Å². The van der Waals surface area contributed by atoms with Gasteiger partial charge in [0.15, 0.2) is 5.65 Å². The molecule has 0 radical (unpaired) electrons. The second-order valence-electron chi connectivity index (χ2n) is 14.7. The third kappa shape index (κ3) is 8.86. The van der Waals surface area contributed by atoms with Crippen molar-refractivity contribution in [1.82, 2.24) is 29.9 Å². The number of ether oxygens (including phenoxy) is 1. The maximum Gasteiger partial charge on any atom is 0.254 e. The maximum absolute atomic E-state index is 14.7. The van der Waals surface area contributed by atoms with Gasteiger partial charge in [0, 0.05) is 97.5 Å². The lowest BCUT2D eigenvalue weighted by Gasteiger charge is -2.31. The van der Waals surface area contributed by atoms with Crippen molar-refractivity contribution in [2.75, 3.05) is 38.2 Å². The van der Waals surface area contributed by atoms with Crippen molar-refractivity contribution in [3.05, 3.63) is 111 Å². The molecule has 0 spiro atoms. The Labute approximate surface area is 328 Å². The van der Waals surface area contributed by atoms with Gasteiger partial charge >= 0.3 is 0 Å². The van der Waals surface area contributed by atoms with Gasteiger partial charge in [-0.3, -0.25) is 14.5 Å². The van der Waals surface area contributed by atoms with Gasteiger partial charge in [-0.05, 0) is 86.2 Å². The predicted molar refractivity (Wildman–Crippen MR) is 218 cm³/mol. The Bertz CT molecular complexity index is 2160. The van der Waals surface area contributed by atoms with Crippen LogP contribution in [-0.2, 0) is 37.3 Å². The fourth-order valence-corrected chi connectivity index (χ4v) is 8.05. The second-order valence-corrected chi connectivity index (χ2v) is 15.1. The standard InChI is InChI=1S/C43H51ClN8O3/c1-4-39-37(40(48-34-14-18-55-19-15-34)36-23-47-52(5-2)42(36)49-39)27-51(43(54)33-11-7-10-32(22-33)41(45)53)26-30-12-13-38(44)35(21-30)31-9-6-8-29(20-31)25-50-17-16-46-28(3)24-50/h6-13,20-23,28,34,46H,4-5,14-19,24-27H2,1-3H3,(H2,45,53)(H,48,49)/t28-/m0/s1. The van der Waals surface area contributed by atoms with Crippen LogP contribution in [-0.4, -0.2) is 81.3 Å². The van der Waals surface area contributed by atoms with Crippen LogP contribution in [0.2, 0.25) is 5.02 Å². The van der Waals surface area contributed by atoms with E-state index < -0.39 is 5.91 Å². The summed E-state index contributed by atoms with van der Waals surface area (Å²) in [5.41, 5.74) is 14.0. The summed E-state index contributed by atoms with van der Waals surface area (Å²) in [6.07, 6.45) is 4.29. The number of anilines is 1. The number of nitrogens with two attached hydrogens (primary N) is 1. The first-order valence-corrected chi connectivity index (χ1v) is 19.8. The molecule has 55 heavy (non-hydrogen) atoms. The number of primary amides is 1. The highest BCUT2D eigenvalue weighted by Crippen LogP contribution is 2.34. The molecule has 2 fully saturated rings. The minimum Gasteiger partial charge on any atom is -0.381 e. The Hall–Kier alpha value is -4.81. The highest BCUT2D eigenvalue weighted by atomic mass is 35.5. The fraction of sp³-hybridized carbons (Fsp3) is 0.395. The van der Waals surface area contributed by atoms with Gasteiger partial charge in [0.2, 0.25) is 5.91 Å². The number of hydrogen-bond donors (Lipinski definition) is 3. The summed E-state index contributed by atoms with van der Waals surface area (Å²) in [6.45, 7) is 12.8. The van der Waals surface area contributed by atoms with Crippen LogP contribution in [0, 0.1) is 0 Å². The van der Waals surface area contributed by atoms with E-state index in [0.717, 1.165) is 83.7 Å². The molecule has 0 unspecified atom stereocenters. The van der Waals surface area contributed by atoms with Crippen molar-refractivity contribution in [2.24, 2.45) is 5.73 Å². The quantitative estimate of drug-likeness (QED) is 0.122. The van der Waals surface area contributed by atoms with Crippen LogP contribution in [0.3, 0.4) is 0 Å². The van der Waals surface area contributed by atoms with Gasteiger partial charge in [-0.15, -0.1) is 0 Å². The highest BCUT2D eigenvalue weighted by molar-refractivity contribution is 6.33. The maximum atomic E-state index is 14.7. The number of benzene rings is 3. The van der Waals surface area contributed by atoms with Gasteiger partial charge < -0.3 is 26.0 Å². The van der Waals surface area contributed by atoms with Gasteiger partial charge in [-0.1, -0.05) is 48.9 Å². The average Bonchev–Trinajstić information content (AvgIpc) is 3.62. The summed E-state index contributed by atoms with van der Waals surface area (Å²) in [5.74, 6) is -0.814. The number of nitrogens with zero attached hydrogens (tertiary/aromatic N) is 5. The molecule has 12 heteroatoms. The van der Waals surface area contributed by atoms with E-state index in [0.29, 0.717) is 42.8 Å². The zero-order valence-electron chi connectivity index (χ0n) is 32.0. The molecule has 0 saturated carbocycles. The van der Waals surface area contributed by atoms with Crippen LogP contribution in [0.15, 0.2) is 72.9 Å². The van der Waals surface area contributed by atoms with Crippen LogP contribution in [0.5, 0.6) is 0 Å². The van der Waals surface area contributed by atoms with Gasteiger partial charge in [-0.25, -0.2) is 9.67 Å². The number of aromatic nitrogens is 3. The molecule has 4 N–H and O–H groups in total. The van der Waals surface area contributed by atoms with Gasteiger partial charge in [0.1, 0.15) is 0 Å². The summed E-state index contributed by atoms with van der Waals surface area (Å²) in [5, 5.41) is 13.6. The Morgan fingerprint density at radius 1 is 1.02 bits per heavy atom. The number of carbonyl (C=O) groups is 2. The lowest BCUT2D eigenvalue weighted by atomic mass is 9.99. The zero-order valence-corrected chi connectivity index (χ0v) is 32.7.